The Morgan fingerprint density at radius 2 is 2.11 bits per heavy atom. The molecule has 1 saturated carbocycles. The zero-order valence-corrected chi connectivity index (χ0v) is 10.2. The first kappa shape index (κ1) is 11.3. The van der Waals surface area contributed by atoms with Crippen molar-refractivity contribution in [2.45, 2.75) is 32.1 Å². The van der Waals surface area contributed by atoms with Crippen molar-refractivity contribution < 1.29 is 4.74 Å². The van der Waals surface area contributed by atoms with Gasteiger partial charge in [0.15, 0.2) is 5.65 Å². The van der Waals surface area contributed by atoms with Gasteiger partial charge in [0.25, 0.3) is 0 Å². The van der Waals surface area contributed by atoms with Crippen LogP contribution in [0.2, 0.25) is 0 Å². The second-order valence-electron chi connectivity index (χ2n) is 4.83. The van der Waals surface area contributed by atoms with E-state index in [1.54, 1.807) is 6.20 Å². The highest BCUT2D eigenvalue weighted by atomic mass is 16.5. The van der Waals surface area contributed by atoms with Crippen LogP contribution in [-0.4, -0.2) is 26.8 Å². The third kappa shape index (κ3) is 2.23. The van der Waals surface area contributed by atoms with Gasteiger partial charge < -0.3 is 10.5 Å². The number of aromatic nitrogens is 4. The summed E-state index contributed by atoms with van der Waals surface area (Å²) in [6, 6.07) is 0. The number of anilines is 1. The maximum Gasteiger partial charge on any atom is 0.229 e. The van der Waals surface area contributed by atoms with Gasteiger partial charge in [0.05, 0.1) is 12.8 Å². The van der Waals surface area contributed by atoms with Crippen LogP contribution in [0.1, 0.15) is 32.1 Å². The lowest BCUT2D eigenvalue weighted by Gasteiger charge is -2.21. The van der Waals surface area contributed by atoms with Gasteiger partial charge in [-0.3, -0.25) is 5.10 Å². The van der Waals surface area contributed by atoms with E-state index in [1.165, 1.54) is 32.1 Å². The second kappa shape index (κ2) is 4.80. The van der Waals surface area contributed by atoms with E-state index >= 15 is 0 Å². The van der Waals surface area contributed by atoms with E-state index in [0.717, 1.165) is 5.39 Å². The number of nitrogens with zero attached hydrogens (tertiary/aromatic N) is 3. The first-order chi connectivity index (χ1) is 8.83. The van der Waals surface area contributed by atoms with Crippen molar-refractivity contribution in [1.29, 1.82) is 0 Å². The molecule has 3 rings (SSSR count). The minimum Gasteiger partial charge on any atom is -0.477 e. The molecule has 0 aliphatic heterocycles. The van der Waals surface area contributed by atoms with Crippen LogP contribution in [0.5, 0.6) is 5.88 Å². The molecule has 1 fully saturated rings. The average molecular weight is 247 g/mol. The van der Waals surface area contributed by atoms with Gasteiger partial charge in [-0.15, -0.1) is 0 Å². The predicted octanol–water partition coefficient (Wildman–Crippen LogP) is 1.89. The van der Waals surface area contributed by atoms with Crippen LogP contribution in [0.4, 0.5) is 5.95 Å². The van der Waals surface area contributed by atoms with Crippen molar-refractivity contribution in [2.75, 3.05) is 12.3 Å². The van der Waals surface area contributed by atoms with E-state index in [4.69, 9.17) is 10.5 Å². The Labute approximate surface area is 105 Å². The van der Waals surface area contributed by atoms with E-state index in [-0.39, 0.29) is 5.95 Å². The molecule has 2 aromatic rings. The molecular weight excluding hydrogens is 230 g/mol. The fourth-order valence-corrected chi connectivity index (χ4v) is 2.49. The quantitative estimate of drug-likeness (QED) is 0.864. The van der Waals surface area contributed by atoms with Crippen LogP contribution in [-0.2, 0) is 0 Å². The monoisotopic (exact) mass is 247 g/mol. The molecule has 0 saturated heterocycles. The number of hydrogen-bond donors (Lipinski definition) is 2. The largest absolute Gasteiger partial charge is 0.477 e. The van der Waals surface area contributed by atoms with Gasteiger partial charge in [-0.05, 0) is 18.8 Å². The highest BCUT2D eigenvalue weighted by Crippen LogP contribution is 2.26. The van der Waals surface area contributed by atoms with Crippen LogP contribution in [0.25, 0.3) is 11.0 Å². The van der Waals surface area contributed by atoms with Crippen LogP contribution in [0.3, 0.4) is 0 Å². The average Bonchev–Trinajstić information content (AvgIpc) is 2.85. The number of rotatable bonds is 3. The zero-order valence-electron chi connectivity index (χ0n) is 10.2. The highest BCUT2D eigenvalue weighted by Gasteiger charge is 2.16. The van der Waals surface area contributed by atoms with E-state index in [9.17, 15) is 0 Å². The molecule has 0 spiro atoms. The molecule has 96 valence electrons. The molecule has 0 radical (unpaired) electrons. The van der Waals surface area contributed by atoms with Crippen LogP contribution in [0.15, 0.2) is 6.20 Å². The Morgan fingerprint density at radius 1 is 1.28 bits per heavy atom. The standard InChI is InChI=1S/C12H17N5O/c13-12-15-10-9(6-14-17-10)11(16-12)18-7-8-4-2-1-3-5-8/h6,8H,1-5,7H2,(H3,13,14,15,16,17). The minimum absolute atomic E-state index is 0.213. The van der Waals surface area contributed by atoms with Crippen LogP contribution in [0, 0.1) is 5.92 Å². The lowest BCUT2D eigenvalue weighted by atomic mass is 9.90. The molecule has 0 unspecified atom stereocenters. The predicted molar refractivity (Wildman–Crippen MR) is 68.2 cm³/mol. The Bertz CT molecular complexity index is 532. The van der Waals surface area contributed by atoms with Crippen LogP contribution >= 0.6 is 0 Å². The number of nitrogens with two attached hydrogens (primary N) is 1. The summed E-state index contributed by atoms with van der Waals surface area (Å²) >= 11 is 0. The van der Waals surface area contributed by atoms with Gasteiger partial charge in [0.2, 0.25) is 11.8 Å². The first-order valence-corrected chi connectivity index (χ1v) is 6.42. The van der Waals surface area contributed by atoms with Gasteiger partial charge in [0.1, 0.15) is 5.39 Å². The Kier molecular flexibility index (Phi) is 3.00. The first-order valence-electron chi connectivity index (χ1n) is 6.42. The van der Waals surface area contributed by atoms with Crippen molar-refractivity contribution in [3.63, 3.8) is 0 Å². The molecule has 2 heterocycles. The Balaban J connectivity index is 1.75. The lowest BCUT2D eigenvalue weighted by Crippen LogP contribution is -2.16. The smallest absolute Gasteiger partial charge is 0.229 e. The normalized spacial score (nSPS) is 17.1. The lowest BCUT2D eigenvalue weighted by molar-refractivity contribution is 0.205. The van der Waals surface area contributed by atoms with Crippen molar-refractivity contribution >= 4 is 17.0 Å². The molecule has 1 aliphatic rings. The fourth-order valence-electron chi connectivity index (χ4n) is 2.49. The van der Waals surface area contributed by atoms with Crippen molar-refractivity contribution in [3.8, 4) is 5.88 Å². The summed E-state index contributed by atoms with van der Waals surface area (Å²) < 4.78 is 5.81. The third-order valence-corrected chi connectivity index (χ3v) is 3.47. The molecule has 0 aromatic carbocycles. The van der Waals surface area contributed by atoms with E-state index < -0.39 is 0 Å². The van der Waals surface area contributed by atoms with Crippen molar-refractivity contribution in [3.05, 3.63) is 6.20 Å². The number of nitrogen functional groups attached to an aromatic ring is 1. The van der Waals surface area contributed by atoms with Gasteiger partial charge in [-0.2, -0.15) is 15.1 Å². The maximum atomic E-state index is 5.81. The summed E-state index contributed by atoms with van der Waals surface area (Å²) in [5, 5.41) is 7.50. The minimum atomic E-state index is 0.213. The maximum absolute atomic E-state index is 5.81. The molecule has 1 aliphatic carbocycles. The summed E-state index contributed by atoms with van der Waals surface area (Å²) in [6.45, 7) is 0.705. The van der Waals surface area contributed by atoms with Crippen LogP contribution < -0.4 is 10.5 Å². The molecule has 0 atom stereocenters. The molecule has 0 amide bonds. The number of nitrogens with one attached hydrogen (secondary N) is 1. The molecule has 6 heteroatoms. The van der Waals surface area contributed by atoms with Crippen molar-refractivity contribution in [2.24, 2.45) is 5.92 Å². The molecular formula is C12H17N5O. The Hall–Kier alpha value is -1.85. The SMILES string of the molecule is Nc1nc(OCC2CCCCC2)c2cn[nH]c2n1. The number of H-pyrrole nitrogens is 1. The van der Waals surface area contributed by atoms with Crippen molar-refractivity contribution in [1.82, 2.24) is 20.2 Å². The summed E-state index contributed by atoms with van der Waals surface area (Å²) in [5.74, 6) is 1.39. The Morgan fingerprint density at radius 3 is 2.94 bits per heavy atom. The molecule has 6 nitrogen and oxygen atoms in total. The van der Waals surface area contributed by atoms with Gasteiger partial charge in [-0.1, -0.05) is 19.3 Å². The molecule has 3 N–H and O–H groups in total. The van der Waals surface area contributed by atoms with E-state index in [1.807, 2.05) is 0 Å². The molecule has 18 heavy (non-hydrogen) atoms. The summed E-state index contributed by atoms with van der Waals surface area (Å²) in [6.07, 6.45) is 8.13. The summed E-state index contributed by atoms with van der Waals surface area (Å²) in [5.41, 5.74) is 6.27. The van der Waals surface area contributed by atoms with E-state index in [2.05, 4.69) is 20.2 Å². The zero-order chi connectivity index (χ0) is 12.4. The van der Waals surface area contributed by atoms with Gasteiger partial charge >= 0.3 is 0 Å². The number of hydrogen-bond acceptors (Lipinski definition) is 5. The highest BCUT2D eigenvalue weighted by molar-refractivity contribution is 5.80. The van der Waals surface area contributed by atoms with E-state index in [0.29, 0.717) is 24.1 Å². The fraction of sp³-hybridized carbons (Fsp3) is 0.583. The summed E-state index contributed by atoms with van der Waals surface area (Å²) in [7, 11) is 0. The molecule has 2 aromatic heterocycles. The third-order valence-electron chi connectivity index (χ3n) is 3.47. The topological polar surface area (TPSA) is 89.7 Å². The van der Waals surface area contributed by atoms with Gasteiger partial charge in [0, 0.05) is 0 Å². The number of ether oxygens (including phenoxy) is 1. The number of fused-ring (bicyclic) bond motifs is 1. The van der Waals surface area contributed by atoms with Gasteiger partial charge in [-0.25, -0.2) is 0 Å². The second-order valence-corrected chi connectivity index (χ2v) is 4.83. The summed E-state index contributed by atoms with van der Waals surface area (Å²) in [4.78, 5) is 8.20. The molecule has 0 bridgehead atoms. The number of aromatic amines is 1.